The smallest absolute Gasteiger partial charge is 0.308 e. The standard InChI is InChI=1S/C32H31FN2O4/c1-2-27-30(32(38)34-24-11-7-4-8-12-24)29(21-9-5-3-6-10-21)31(22-13-15-23(33)16-14-22)35(27)18-17-26-19-25(36)20-28(37)39-26/h3-16,25-26,36H,2,17-20H2,1H3,(H,34,38)/t25-,26?/m1/s1. The number of hydrogen-bond acceptors (Lipinski definition) is 4. The highest BCUT2D eigenvalue weighted by atomic mass is 19.1. The fraction of sp³-hybridized carbons (Fsp3) is 0.250. The van der Waals surface area contributed by atoms with Crippen LogP contribution in [0.15, 0.2) is 84.9 Å². The summed E-state index contributed by atoms with van der Waals surface area (Å²) in [6, 6.07) is 25.3. The second-order valence-electron chi connectivity index (χ2n) is 9.74. The van der Waals surface area contributed by atoms with Crippen LogP contribution in [0.1, 0.15) is 42.2 Å². The Kier molecular flexibility index (Phi) is 7.89. The van der Waals surface area contributed by atoms with Gasteiger partial charge in [-0.1, -0.05) is 55.5 Å². The van der Waals surface area contributed by atoms with Gasteiger partial charge in [0.1, 0.15) is 11.9 Å². The number of carbonyl (C=O) groups excluding carboxylic acids is 2. The number of ether oxygens (including phenoxy) is 1. The lowest BCUT2D eigenvalue weighted by atomic mass is 9.96. The van der Waals surface area contributed by atoms with E-state index in [1.54, 1.807) is 12.1 Å². The maximum absolute atomic E-state index is 14.0. The molecule has 0 saturated carbocycles. The molecule has 1 aromatic heterocycles. The number of rotatable bonds is 8. The molecule has 5 rings (SSSR count). The van der Waals surface area contributed by atoms with E-state index in [0.29, 0.717) is 37.1 Å². The van der Waals surface area contributed by atoms with Crippen LogP contribution in [0.3, 0.4) is 0 Å². The zero-order chi connectivity index (χ0) is 27.4. The molecule has 0 bridgehead atoms. The average molecular weight is 527 g/mol. The van der Waals surface area contributed by atoms with Gasteiger partial charge in [0, 0.05) is 36.3 Å². The number of anilines is 1. The molecule has 0 spiro atoms. The first-order valence-electron chi connectivity index (χ1n) is 13.2. The minimum absolute atomic E-state index is 0.00300. The summed E-state index contributed by atoms with van der Waals surface area (Å²) in [5.41, 5.74) is 5.24. The zero-order valence-corrected chi connectivity index (χ0v) is 21.8. The van der Waals surface area contributed by atoms with Gasteiger partial charge >= 0.3 is 5.97 Å². The van der Waals surface area contributed by atoms with Crippen LogP contribution >= 0.6 is 0 Å². The van der Waals surface area contributed by atoms with Gasteiger partial charge in [-0.15, -0.1) is 0 Å². The summed E-state index contributed by atoms with van der Waals surface area (Å²) in [5, 5.41) is 13.2. The molecule has 3 aromatic carbocycles. The molecule has 7 heteroatoms. The summed E-state index contributed by atoms with van der Waals surface area (Å²) in [4.78, 5) is 25.9. The summed E-state index contributed by atoms with van der Waals surface area (Å²) < 4.78 is 21.6. The summed E-state index contributed by atoms with van der Waals surface area (Å²) in [5.74, 6) is -0.994. The number of aliphatic hydroxyl groups excluding tert-OH is 1. The Morgan fingerprint density at radius 1 is 1.00 bits per heavy atom. The number of aromatic nitrogens is 1. The third-order valence-corrected chi connectivity index (χ3v) is 7.05. The van der Waals surface area contributed by atoms with Gasteiger partial charge in [-0.05, 0) is 53.9 Å². The van der Waals surface area contributed by atoms with Gasteiger partial charge in [-0.3, -0.25) is 9.59 Å². The van der Waals surface area contributed by atoms with Crippen LogP contribution in [0.2, 0.25) is 0 Å². The van der Waals surface area contributed by atoms with Crippen molar-refractivity contribution in [3.05, 3.63) is 102 Å². The molecule has 1 unspecified atom stereocenters. The van der Waals surface area contributed by atoms with Crippen molar-refractivity contribution < 1.29 is 23.8 Å². The number of para-hydroxylation sites is 1. The van der Waals surface area contributed by atoms with E-state index >= 15 is 0 Å². The van der Waals surface area contributed by atoms with E-state index in [1.165, 1.54) is 12.1 Å². The molecule has 2 heterocycles. The van der Waals surface area contributed by atoms with E-state index < -0.39 is 18.2 Å². The van der Waals surface area contributed by atoms with Crippen molar-refractivity contribution in [3.63, 3.8) is 0 Å². The molecule has 1 saturated heterocycles. The SMILES string of the molecule is CCc1c(C(=O)Nc2ccccc2)c(-c2ccccc2)c(-c2ccc(F)cc2)n1CCC1C[C@@H](O)CC(=O)O1. The van der Waals surface area contributed by atoms with Crippen LogP contribution in [0.4, 0.5) is 10.1 Å². The molecule has 39 heavy (non-hydrogen) atoms. The topological polar surface area (TPSA) is 80.6 Å². The normalized spacial score (nSPS) is 17.1. The molecule has 200 valence electrons. The maximum atomic E-state index is 14.0. The highest BCUT2D eigenvalue weighted by Gasteiger charge is 2.31. The lowest BCUT2D eigenvalue weighted by Gasteiger charge is -2.26. The van der Waals surface area contributed by atoms with Gasteiger partial charge in [0.2, 0.25) is 0 Å². The second kappa shape index (κ2) is 11.7. The lowest BCUT2D eigenvalue weighted by Crippen LogP contribution is -2.33. The molecule has 0 radical (unpaired) electrons. The van der Waals surface area contributed by atoms with Crippen LogP contribution in [-0.2, 0) is 22.5 Å². The number of hydrogen-bond donors (Lipinski definition) is 2. The van der Waals surface area contributed by atoms with Crippen LogP contribution in [0, 0.1) is 5.82 Å². The third-order valence-electron chi connectivity index (χ3n) is 7.05. The summed E-state index contributed by atoms with van der Waals surface area (Å²) in [6.45, 7) is 2.44. The molecule has 1 aliphatic rings. The van der Waals surface area contributed by atoms with E-state index in [0.717, 1.165) is 28.1 Å². The largest absolute Gasteiger partial charge is 0.462 e. The van der Waals surface area contributed by atoms with Crippen LogP contribution in [-0.4, -0.2) is 33.8 Å². The van der Waals surface area contributed by atoms with Gasteiger partial charge < -0.3 is 19.7 Å². The maximum Gasteiger partial charge on any atom is 0.308 e. The average Bonchev–Trinajstić information content (AvgIpc) is 3.27. The van der Waals surface area contributed by atoms with Crippen LogP contribution in [0.25, 0.3) is 22.4 Å². The summed E-state index contributed by atoms with van der Waals surface area (Å²) in [7, 11) is 0. The van der Waals surface area contributed by atoms with Gasteiger partial charge in [0.25, 0.3) is 5.91 Å². The minimum Gasteiger partial charge on any atom is -0.462 e. The fourth-order valence-corrected chi connectivity index (χ4v) is 5.35. The molecule has 1 aliphatic heterocycles. The van der Waals surface area contributed by atoms with E-state index in [-0.39, 0.29) is 18.1 Å². The van der Waals surface area contributed by atoms with Crippen molar-refractivity contribution in [1.82, 2.24) is 4.57 Å². The third kappa shape index (κ3) is 5.78. The minimum atomic E-state index is -0.727. The van der Waals surface area contributed by atoms with Crippen molar-refractivity contribution in [2.45, 2.75) is 51.4 Å². The number of cyclic esters (lactones) is 1. The predicted octanol–water partition coefficient (Wildman–Crippen LogP) is 6.23. The Balaban J connectivity index is 1.67. The van der Waals surface area contributed by atoms with Gasteiger partial charge in [-0.2, -0.15) is 0 Å². The number of amides is 1. The molecular formula is C32H31FN2O4. The number of nitrogens with one attached hydrogen (secondary N) is 1. The van der Waals surface area contributed by atoms with Crippen molar-refractivity contribution in [3.8, 4) is 22.4 Å². The quantitative estimate of drug-likeness (QED) is 0.267. The van der Waals surface area contributed by atoms with Gasteiger partial charge in [-0.25, -0.2) is 4.39 Å². The number of nitrogens with zero attached hydrogens (tertiary/aromatic N) is 1. The van der Waals surface area contributed by atoms with Crippen molar-refractivity contribution in [2.75, 3.05) is 5.32 Å². The van der Waals surface area contributed by atoms with Gasteiger partial charge in [0.05, 0.1) is 23.8 Å². The molecule has 6 nitrogen and oxygen atoms in total. The number of esters is 1. The van der Waals surface area contributed by atoms with Crippen molar-refractivity contribution in [2.24, 2.45) is 0 Å². The predicted molar refractivity (Wildman–Crippen MR) is 149 cm³/mol. The Bertz CT molecular complexity index is 1450. The van der Waals surface area contributed by atoms with E-state index in [9.17, 15) is 19.1 Å². The number of aliphatic hydroxyl groups is 1. The van der Waals surface area contributed by atoms with Crippen LogP contribution in [0.5, 0.6) is 0 Å². The molecule has 2 atom stereocenters. The number of benzene rings is 3. The Morgan fingerprint density at radius 3 is 2.31 bits per heavy atom. The first-order valence-corrected chi connectivity index (χ1v) is 13.2. The summed E-state index contributed by atoms with van der Waals surface area (Å²) in [6.07, 6.45) is 0.237. The van der Waals surface area contributed by atoms with Crippen molar-refractivity contribution >= 4 is 17.6 Å². The molecule has 1 amide bonds. The van der Waals surface area contributed by atoms with Crippen molar-refractivity contribution in [1.29, 1.82) is 0 Å². The number of carbonyl (C=O) groups is 2. The Labute approximate surface area is 227 Å². The molecule has 4 aromatic rings. The highest BCUT2D eigenvalue weighted by Crippen LogP contribution is 2.41. The second-order valence-corrected chi connectivity index (χ2v) is 9.74. The van der Waals surface area contributed by atoms with Crippen LogP contribution < -0.4 is 5.32 Å². The zero-order valence-electron chi connectivity index (χ0n) is 21.8. The molecular weight excluding hydrogens is 495 g/mol. The highest BCUT2D eigenvalue weighted by molar-refractivity contribution is 6.12. The fourth-order valence-electron chi connectivity index (χ4n) is 5.35. The van der Waals surface area contributed by atoms with E-state index in [2.05, 4.69) is 9.88 Å². The summed E-state index contributed by atoms with van der Waals surface area (Å²) >= 11 is 0. The van der Waals surface area contributed by atoms with Gasteiger partial charge in [0.15, 0.2) is 0 Å². The Hall–Kier alpha value is -4.23. The first kappa shape index (κ1) is 26.4. The molecule has 2 N–H and O–H groups in total. The lowest BCUT2D eigenvalue weighted by molar-refractivity contribution is -0.160. The Morgan fingerprint density at radius 2 is 1.67 bits per heavy atom. The first-order chi connectivity index (χ1) is 18.9. The molecule has 0 aliphatic carbocycles. The molecule has 1 fully saturated rings. The van der Waals surface area contributed by atoms with E-state index in [4.69, 9.17) is 4.74 Å². The number of halogens is 1. The van der Waals surface area contributed by atoms with E-state index in [1.807, 2.05) is 67.6 Å². The monoisotopic (exact) mass is 526 g/mol.